The molecule has 0 radical (unpaired) electrons. The van der Waals surface area contributed by atoms with Gasteiger partial charge in [0.25, 0.3) is 11.6 Å². The minimum Gasteiger partial charge on any atom is -0.454 e. The van der Waals surface area contributed by atoms with Crippen LogP contribution in [0.15, 0.2) is 53.1 Å². The average molecular weight is 419 g/mol. The summed E-state index contributed by atoms with van der Waals surface area (Å²) >= 11 is 0. The maximum Gasteiger partial charge on any atom is 0.259 e. The number of carbonyl (C=O) groups is 1. The van der Waals surface area contributed by atoms with Gasteiger partial charge in [-0.3, -0.25) is 4.79 Å². The zero-order valence-electron chi connectivity index (χ0n) is 16.9. The largest absolute Gasteiger partial charge is 0.454 e. The highest BCUT2D eigenvalue weighted by molar-refractivity contribution is 6.06. The molecule has 1 aliphatic rings. The minimum atomic E-state index is -0.347. The Kier molecular flexibility index (Phi) is 4.54. The number of benzene rings is 2. The van der Waals surface area contributed by atoms with E-state index in [1.54, 1.807) is 37.1 Å². The van der Waals surface area contributed by atoms with Gasteiger partial charge >= 0.3 is 0 Å². The highest BCUT2D eigenvalue weighted by Gasteiger charge is 2.23. The summed E-state index contributed by atoms with van der Waals surface area (Å²) in [6.07, 6.45) is 0. The van der Waals surface area contributed by atoms with E-state index in [0.29, 0.717) is 45.9 Å². The number of carbonyl (C=O) groups excluding carboxylic acids is 1. The third-order valence-corrected chi connectivity index (χ3v) is 5.19. The number of fused-ring (bicyclic) bond motifs is 2. The number of ether oxygens (including phenoxy) is 2. The molecule has 0 N–H and O–H groups in total. The normalized spacial score (nSPS) is 12.4. The predicted octanol–water partition coefficient (Wildman–Crippen LogP) is 4.34. The van der Waals surface area contributed by atoms with E-state index < -0.39 is 0 Å². The van der Waals surface area contributed by atoms with Crippen LogP contribution in [0.4, 0.5) is 4.39 Å². The van der Waals surface area contributed by atoms with Crippen molar-refractivity contribution in [2.24, 2.45) is 0 Å². The molecule has 1 amide bonds. The van der Waals surface area contributed by atoms with Crippen molar-refractivity contribution in [3.63, 3.8) is 0 Å². The van der Waals surface area contributed by atoms with Crippen molar-refractivity contribution in [3.05, 3.63) is 71.2 Å². The molecule has 7 nitrogen and oxygen atoms in total. The van der Waals surface area contributed by atoms with Crippen molar-refractivity contribution in [3.8, 4) is 22.8 Å². The SMILES string of the molecule is Cc1noc2nc(-c3ccc(F)cc3)cc(C(=O)N(C)Cc3ccc4c(c3)OCO4)c12. The Hall–Kier alpha value is -3.94. The smallest absolute Gasteiger partial charge is 0.259 e. The van der Waals surface area contributed by atoms with Crippen molar-refractivity contribution >= 4 is 17.0 Å². The zero-order chi connectivity index (χ0) is 21.5. The lowest BCUT2D eigenvalue weighted by Crippen LogP contribution is -2.26. The van der Waals surface area contributed by atoms with E-state index >= 15 is 0 Å². The lowest BCUT2D eigenvalue weighted by molar-refractivity contribution is 0.0786. The first-order valence-electron chi connectivity index (χ1n) is 9.66. The number of rotatable bonds is 4. The first kappa shape index (κ1) is 19.0. The Balaban J connectivity index is 1.51. The molecule has 2 aromatic heterocycles. The van der Waals surface area contributed by atoms with Gasteiger partial charge in [0.1, 0.15) is 5.82 Å². The summed E-state index contributed by atoms with van der Waals surface area (Å²) in [4.78, 5) is 19.5. The molecule has 0 bridgehead atoms. The van der Waals surface area contributed by atoms with Gasteiger partial charge in [-0.25, -0.2) is 9.37 Å². The Bertz CT molecular complexity index is 1300. The minimum absolute atomic E-state index is 0.196. The van der Waals surface area contributed by atoms with Gasteiger partial charge in [0, 0.05) is 19.2 Å². The fourth-order valence-electron chi connectivity index (χ4n) is 3.62. The average Bonchev–Trinajstić information content (AvgIpc) is 3.39. The number of hydrogen-bond acceptors (Lipinski definition) is 6. The highest BCUT2D eigenvalue weighted by Crippen LogP contribution is 2.33. The molecule has 0 aliphatic carbocycles. The number of nitrogens with zero attached hydrogens (tertiary/aromatic N) is 3. The monoisotopic (exact) mass is 419 g/mol. The maximum absolute atomic E-state index is 13.4. The molecule has 5 rings (SSSR count). The molecule has 0 saturated heterocycles. The van der Waals surface area contributed by atoms with Crippen LogP contribution in [-0.2, 0) is 6.54 Å². The molecule has 0 spiro atoms. The van der Waals surface area contributed by atoms with Crippen LogP contribution in [0.25, 0.3) is 22.4 Å². The Morgan fingerprint density at radius 1 is 1.10 bits per heavy atom. The quantitative estimate of drug-likeness (QED) is 0.490. The van der Waals surface area contributed by atoms with Crippen LogP contribution in [0.2, 0.25) is 0 Å². The van der Waals surface area contributed by atoms with Crippen molar-refractivity contribution < 1.29 is 23.2 Å². The number of hydrogen-bond donors (Lipinski definition) is 0. The Morgan fingerprint density at radius 3 is 2.68 bits per heavy atom. The number of halogens is 1. The van der Waals surface area contributed by atoms with Crippen LogP contribution in [-0.4, -0.2) is 34.8 Å². The summed E-state index contributed by atoms with van der Waals surface area (Å²) in [5, 5.41) is 4.54. The summed E-state index contributed by atoms with van der Waals surface area (Å²) in [6, 6.07) is 13.2. The fourth-order valence-corrected chi connectivity index (χ4v) is 3.62. The highest BCUT2D eigenvalue weighted by atomic mass is 19.1. The fraction of sp³-hybridized carbons (Fsp3) is 0.174. The van der Waals surface area contributed by atoms with E-state index in [9.17, 15) is 9.18 Å². The molecule has 156 valence electrons. The van der Waals surface area contributed by atoms with Gasteiger partial charge in [-0.2, -0.15) is 0 Å². The van der Waals surface area contributed by atoms with Crippen LogP contribution in [0, 0.1) is 12.7 Å². The van der Waals surface area contributed by atoms with Gasteiger partial charge in [0.2, 0.25) is 6.79 Å². The van der Waals surface area contributed by atoms with Crippen LogP contribution >= 0.6 is 0 Å². The van der Waals surface area contributed by atoms with Gasteiger partial charge in [-0.1, -0.05) is 11.2 Å². The summed E-state index contributed by atoms with van der Waals surface area (Å²) in [6.45, 7) is 2.33. The summed E-state index contributed by atoms with van der Waals surface area (Å²) in [7, 11) is 1.72. The van der Waals surface area contributed by atoms with Gasteiger partial charge in [-0.05, 0) is 55.0 Å². The van der Waals surface area contributed by atoms with Crippen molar-refractivity contribution in [1.29, 1.82) is 0 Å². The molecule has 0 saturated carbocycles. The van der Waals surface area contributed by atoms with Crippen molar-refractivity contribution in [1.82, 2.24) is 15.0 Å². The molecule has 4 aromatic rings. The Morgan fingerprint density at radius 2 is 1.87 bits per heavy atom. The molecular formula is C23H18FN3O4. The van der Waals surface area contributed by atoms with Crippen LogP contribution in [0.3, 0.4) is 0 Å². The van der Waals surface area contributed by atoms with Gasteiger partial charge in [-0.15, -0.1) is 0 Å². The number of amides is 1. The number of pyridine rings is 1. The molecule has 31 heavy (non-hydrogen) atoms. The van der Waals surface area contributed by atoms with E-state index in [1.165, 1.54) is 12.1 Å². The lowest BCUT2D eigenvalue weighted by atomic mass is 10.0. The predicted molar refractivity (Wildman–Crippen MR) is 110 cm³/mol. The third-order valence-electron chi connectivity index (χ3n) is 5.19. The summed E-state index contributed by atoms with van der Waals surface area (Å²) in [5.74, 6) is 0.801. The molecular weight excluding hydrogens is 401 g/mol. The zero-order valence-corrected chi connectivity index (χ0v) is 16.9. The van der Waals surface area contributed by atoms with Crippen molar-refractivity contribution in [2.45, 2.75) is 13.5 Å². The van der Waals surface area contributed by atoms with Crippen LogP contribution in [0.1, 0.15) is 21.6 Å². The standard InChI is InChI=1S/C23H18FN3O4/c1-13-21-17(10-18(25-22(21)31-26-13)15-4-6-16(24)7-5-15)23(28)27(2)11-14-3-8-19-20(9-14)30-12-29-19/h3-10H,11-12H2,1-2H3. The molecule has 2 aromatic carbocycles. The first-order valence-corrected chi connectivity index (χ1v) is 9.66. The molecule has 3 heterocycles. The Labute approximate surface area is 177 Å². The van der Waals surface area contributed by atoms with E-state index in [-0.39, 0.29) is 24.2 Å². The molecule has 0 atom stereocenters. The van der Waals surface area contributed by atoms with E-state index in [2.05, 4.69) is 10.1 Å². The third kappa shape index (κ3) is 3.46. The van der Waals surface area contributed by atoms with E-state index in [4.69, 9.17) is 14.0 Å². The van der Waals surface area contributed by atoms with Crippen LogP contribution < -0.4 is 9.47 Å². The van der Waals surface area contributed by atoms with Gasteiger partial charge < -0.3 is 18.9 Å². The second kappa shape index (κ2) is 7.39. The lowest BCUT2D eigenvalue weighted by Gasteiger charge is -2.18. The maximum atomic E-state index is 13.4. The first-order chi connectivity index (χ1) is 15.0. The molecule has 1 aliphatic heterocycles. The van der Waals surface area contributed by atoms with Crippen LogP contribution in [0.5, 0.6) is 11.5 Å². The summed E-state index contributed by atoms with van der Waals surface area (Å²) in [5.41, 5.74) is 3.35. The number of aryl methyl sites for hydroxylation is 1. The van der Waals surface area contributed by atoms with Crippen molar-refractivity contribution in [2.75, 3.05) is 13.8 Å². The molecule has 0 unspecified atom stereocenters. The molecule has 8 heteroatoms. The van der Waals surface area contributed by atoms with Gasteiger partial charge in [0.05, 0.1) is 22.3 Å². The molecule has 0 fully saturated rings. The number of aromatic nitrogens is 2. The summed E-state index contributed by atoms with van der Waals surface area (Å²) < 4.78 is 29.4. The second-order valence-corrected chi connectivity index (χ2v) is 7.36. The van der Waals surface area contributed by atoms with Gasteiger partial charge in [0.15, 0.2) is 11.5 Å². The van der Waals surface area contributed by atoms with E-state index in [0.717, 1.165) is 5.56 Å². The van der Waals surface area contributed by atoms with E-state index in [1.807, 2.05) is 18.2 Å². The topological polar surface area (TPSA) is 77.7 Å². The second-order valence-electron chi connectivity index (χ2n) is 7.36.